The predicted molar refractivity (Wildman–Crippen MR) is 95.7 cm³/mol. The number of carbonyl (C=O) groups is 1. The van der Waals surface area contributed by atoms with Gasteiger partial charge in [-0.3, -0.25) is 14.3 Å². The molecule has 0 unspecified atom stereocenters. The van der Waals surface area contributed by atoms with Crippen LogP contribution in [0.5, 0.6) is 0 Å². The molecule has 0 saturated carbocycles. The second-order valence-corrected chi connectivity index (χ2v) is 6.18. The standard InChI is InChI=1S/C18H25N5O2/c1-3-15-12-22(9-10-25-15)16(4-2)18(24)21-14-5-6-17(20-11-14)23-8-7-19-13-23/h5-8,11,13,15-16H,3-4,9-10,12H2,1-2H3,(H,21,24)/t15-,16+/m0/s1. The highest BCUT2D eigenvalue weighted by molar-refractivity contribution is 5.94. The van der Waals surface area contributed by atoms with Gasteiger partial charge >= 0.3 is 0 Å². The molecule has 2 atom stereocenters. The van der Waals surface area contributed by atoms with Gasteiger partial charge < -0.3 is 10.1 Å². The van der Waals surface area contributed by atoms with Crippen LogP contribution in [0.3, 0.4) is 0 Å². The molecule has 7 nitrogen and oxygen atoms in total. The minimum absolute atomic E-state index is 0.0106. The Labute approximate surface area is 148 Å². The van der Waals surface area contributed by atoms with Crippen LogP contribution in [0.25, 0.3) is 5.82 Å². The smallest absolute Gasteiger partial charge is 0.241 e. The molecule has 3 rings (SSSR count). The maximum atomic E-state index is 12.7. The van der Waals surface area contributed by atoms with Crippen LogP contribution in [0.15, 0.2) is 37.1 Å². The van der Waals surface area contributed by atoms with Gasteiger partial charge in [0.25, 0.3) is 0 Å². The van der Waals surface area contributed by atoms with Gasteiger partial charge in [0.1, 0.15) is 12.1 Å². The Hall–Kier alpha value is -2.25. The molecule has 2 aromatic rings. The second-order valence-electron chi connectivity index (χ2n) is 6.18. The number of imidazole rings is 1. The zero-order chi connectivity index (χ0) is 17.6. The minimum Gasteiger partial charge on any atom is -0.376 e. The van der Waals surface area contributed by atoms with E-state index in [4.69, 9.17) is 4.74 Å². The molecule has 1 N–H and O–H groups in total. The second kappa shape index (κ2) is 8.22. The minimum atomic E-state index is -0.147. The van der Waals surface area contributed by atoms with Crippen LogP contribution in [0.2, 0.25) is 0 Å². The zero-order valence-corrected chi connectivity index (χ0v) is 14.8. The average molecular weight is 343 g/mol. The topological polar surface area (TPSA) is 72.3 Å². The van der Waals surface area contributed by atoms with Crippen LogP contribution in [0.1, 0.15) is 26.7 Å². The van der Waals surface area contributed by atoms with Gasteiger partial charge in [-0.1, -0.05) is 13.8 Å². The first-order valence-corrected chi connectivity index (χ1v) is 8.82. The number of nitrogens with zero attached hydrogens (tertiary/aromatic N) is 4. The van der Waals surface area contributed by atoms with Gasteiger partial charge in [0.05, 0.1) is 30.6 Å². The fourth-order valence-electron chi connectivity index (χ4n) is 3.11. The Morgan fingerprint density at radius 3 is 2.96 bits per heavy atom. The first kappa shape index (κ1) is 17.6. The van der Waals surface area contributed by atoms with Crippen LogP contribution in [-0.4, -0.2) is 57.2 Å². The molecular weight excluding hydrogens is 318 g/mol. The Morgan fingerprint density at radius 1 is 1.44 bits per heavy atom. The molecule has 0 radical (unpaired) electrons. The molecule has 0 bridgehead atoms. The van der Waals surface area contributed by atoms with E-state index in [1.807, 2.05) is 29.8 Å². The van der Waals surface area contributed by atoms with E-state index in [0.717, 1.165) is 31.7 Å². The van der Waals surface area contributed by atoms with Gasteiger partial charge in [-0.15, -0.1) is 0 Å². The lowest BCUT2D eigenvalue weighted by Crippen LogP contribution is -2.51. The molecule has 0 aliphatic carbocycles. The number of morpholine rings is 1. The van der Waals surface area contributed by atoms with Crippen molar-refractivity contribution in [1.82, 2.24) is 19.4 Å². The van der Waals surface area contributed by atoms with Crippen molar-refractivity contribution in [2.75, 3.05) is 25.0 Å². The van der Waals surface area contributed by atoms with E-state index in [1.54, 1.807) is 18.7 Å². The summed E-state index contributed by atoms with van der Waals surface area (Å²) < 4.78 is 7.53. The molecule has 25 heavy (non-hydrogen) atoms. The molecule has 134 valence electrons. The summed E-state index contributed by atoms with van der Waals surface area (Å²) in [7, 11) is 0. The van der Waals surface area contributed by atoms with Crippen LogP contribution < -0.4 is 5.32 Å². The number of hydrogen-bond acceptors (Lipinski definition) is 5. The number of carbonyl (C=O) groups excluding carboxylic acids is 1. The number of anilines is 1. The van der Waals surface area contributed by atoms with Gasteiger partial charge in [0, 0.05) is 25.5 Å². The van der Waals surface area contributed by atoms with Gasteiger partial charge in [0.15, 0.2) is 0 Å². The molecule has 3 heterocycles. The quantitative estimate of drug-likeness (QED) is 0.869. The summed E-state index contributed by atoms with van der Waals surface area (Å²) in [5, 5.41) is 2.99. The third-order valence-corrected chi connectivity index (χ3v) is 4.54. The first-order valence-electron chi connectivity index (χ1n) is 8.82. The van der Waals surface area contributed by atoms with Crippen LogP contribution in [-0.2, 0) is 9.53 Å². The Bertz CT molecular complexity index is 671. The summed E-state index contributed by atoms with van der Waals surface area (Å²) in [5.41, 5.74) is 0.701. The fourth-order valence-corrected chi connectivity index (χ4v) is 3.11. The summed E-state index contributed by atoms with van der Waals surface area (Å²) in [6, 6.07) is 3.58. The van der Waals surface area contributed by atoms with Crippen molar-refractivity contribution < 1.29 is 9.53 Å². The number of pyridine rings is 1. The van der Waals surface area contributed by atoms with Gasteiger partial charge in [-0.2, -0.15) is 0 Å². The van der Waals surface area contributed by atoms with E-state index in [0.29, 0.717) is 12.3 Å². The fraction of sp³-hybridized carbons (Fsp3) is 0.500. The van der Waals surface area contributed by atoms with Crippen molar-refractivity contribution in [1.29, 1.82) is 0 Å². The predicted octanol–water partition coefficient (Wildman–Crippen LogP) is 2.10. The van der Waals surface area contributed by atoms with Crippen molar-refractivity contribution in [2.24, 2.45) is 0 Å². The lowest BCUT2D eigenvalue weighted by Gasteiger charge is -2.36. The Balaban J connectivity index is 1.63. The van der Waals surface area contributed by atoms with Gasteiger partial charge in [-0.25, -0.2) is 9.97 Å². The third kappa shape index (κ3) is 4.24. The van der Waals surface area contributed by atoms with E-state index in [-0.39, 0.29) is 18.1 Å². The normalized spacial score (nSPS) is 19.5. The van der Waals surface area contributed by atoms with E-state index >= 15 is 0 Å². The molecule has 1 fully saturated rings. The van der Waals surface area contributed by atoms with E-state index in [1.165, 1.54) is 0 Å². The number of rotatable bonds is 6. The Kier molecular flexibility index (Phi) is 5.78. The maximum Gasteiger partial charge on any atom is 0.241 e. The third-order valence-electron chi connectivity index (χ3n) is 4.54. The molecule has 0 aromatic carbocycles. The summed E-state index contributed by atoms with van der Waals surface area (Å²) in [4.78, 5) is 23.3. The summed E-state index contributed by atoms with van der Waals surface area (Å²) in [6.07, 6.45) is 8.85. The lowest BCUT2D eigenvalue weighted by atomic mass is 10.1. The average Bonchev–Trinajstić information content (AvgIpc) is 3.18. The largest absolute Gasteiger partial charge is 0.376 e. The molecule has 1 saturated heterocycles. The number of aromatic nitrogens is 3. The van der Waals surface area contributed by atoms with Crippen molar-refractivity contribution in [2.45, 2.75) is 38.8 Å². The SMILES string of the molecule is CC[C@H]1CN([C@H](CC)C(=O)Nc2ccc(-n3ccnc3)nc2)CCO1. The highest BCUT2D eigenvalue weighted by Crippen LogP contribution is 2.16. The van der Waals surface area contributed by atoms with Crippen LogP contribution in [0, 0.1) is 0 Å². The number of hydrogen-bond donors (Lipinski definition) is 1. The molecule has 7 heteroatoms. The molecule has 1 amide bonds. The molecule has 1 aliphatic rings. The lowest BCUT2D eigenvalue weighted by molar-refractivity contribution is -0.125. The molecule has 0 spiro atoms. The van der Waals surface area contributed by atoms with Crippen molar-refractivity contribution in [3.63, 3.8) is 0 Å². The molecular formula is C18H25N5O2. The van der Waals surface area contributed by atoms with Crippen molar-refractivity contribution >= 4 is 11.6 Å². The van der Waals surface area contributed by atoms with E-state index < -0.39 is 0 Å². The number of ether oxygens (including phenoxy) is 1. The monoisotopic (exact) mass is 343 g/mol. The summed E-state index contributed by atoms with van der Waals surface area (Å²) in [5.74, 6) is 0.776. The highest BCUT2D eigenvalue weighted by Gasteiger charge is 2.29. The van der Waals surface area contributed by atoms with Gasteiger partial charge in [0.2, 0.25) is 5.91 Å². The van der Waals surface area contributed by atoms with E-state index in [2.05, 4.69) is 27.1 Å². The molecule has 2 aromatic heterocycles. The zero-order valence-electron chi connectivity index (χ0n) is 14.8. The maximum absolute atomic E-state index is 12.7. The van der Waals surface area contributed by atoms with E-state index in [9.17, 15) is 4.79 Å². The first-order chi connectivity index (χ1) is 12.2. The van der Waals surface area contributed by atoms with Crippen molar-refractivity contribution in [3.05, 3.63) is 37.1 Å². The summed E-state index contributed by atoms with van der Waals surface area (Å²) in [6.45, 7) is 6.44. The number of nitrogens with one attached hydrogen (secondary N) is 1. The van der Waals surface area contributed by atoms with Crippen LogP contribution in [0.4, 0.5) is 5.69 Å². The van der Waals surface area contributed by atoms with Crippen LogP contribution >= 0.6 is 0 Å². The number of amides is 1. The molecule has 1 aliphatic heterocycles. The van der Waals surface area contributed by atoms with Crippen molar-refractivity contribution in [3.8, 4) is 5.82 Å². The highest BCUT2D eigenvalue weighted by atomic mass is 16.5. The Morgan fingerprint density at radius 2 is 2.32 bits per heavy atom. The van der Waals surface area contributed by atoms with Gasteiger partial charge in [-0.05, 0) is 25.0 Å². The summed E-state index contributed by atoms with van der Waals surface area (Å²) >= 11 is 0.